The van der Waals surface area contributed by atoms with Crippen molar-refractivity contribution in [3.63, 3.8) is 0 Å². The molecule has 2 aliphatic heterocycles. The number of hydrogen-bond acceptors (Lipinski definition) is 7. The van der Waals surface area contributed by atoms with Gasteiger partial charge >= 0.3 is 0 Å². The van der Waals surface area contributed by atoms with Crippen LogP contribution in [-0.4, -0.2) is 56.5 Å². The average Bonchev–Trinajstić information content (AvgIpc) is 3.31. The Morgan fingerprint density at radius 1 is 1.27 bits per heavy atom. The van der Waals surface area contributed by atoms with Gasteiger partial charge in [0.2, 0.25) is 11.8 Å². The molecular weight excluding hydrogens is 500 g/mol. The molecule has 3 aromatic heterocycles. The number of imide groups is 1. The molecule has 5 rings (SSSR count). The smallest absolute Gasteiger partial charge is 0.282 e. The van der Waals surface area contributed by atoms with Crippen LogP contribution in [0.15, 0.2) is 24.4 Å². The van der Waals surface area contributed by atoms with Gasteiger partial charge in [-0.2, -0.15) is 5.26 Å². The lowest BCUT2D eigenvalue weighted by atomic mass is 9.82. The monoisotopic (exact) mass is 523 g/mol. The first-order valence-corrected chi connectivity index (χ1v) is 12.5. The van der Waals surface area contributed by atoms with Crippen LogP contribution in [0.4, 0.5) is 8.78 Å². The molecule has 5 heterocycles. The Hall–Kier alpha value is -3.78. The number of carbonyl (C=O) groups excluding carboxylic acids is 3. The van der Waals surface area contributed by atoms with Crippen molar-refractivity contribution in [1.29, 1.82) is 5.26 Å². The SMILES string of the molecule is Cc1cc(C#N)nc(-c2ccnc3cc(CN4C(=O)C(C)C(C)(C)C4=O)sc23)c1C(=O)N1CC(F)(F)C1. The number of thiophene rings is 1. The molecule has 1 unspecified atom stereocenters. The molecule has 8 nitrogen and oxygen atoms in total. The largest absolute Gasteiger partial charge is 0.326 e. The summed E-state index contributed by atoms with van der Waals surface area (Å²) in [4.78, 5) is 50.7. The maximum Gasteiger partial charge on any atom is 0.282 e. The number of carbonyl (C=O) groups is 3. The molecule has 3 amide bonds. The van der Waals surface area contributed by atoms with E-state index in [1.807, 2.05) is 6.07 Å². The summed E-state index contributed by atoms with van der Waals surface area (Å²) in [7, 11) is 0. The van der Waals surface area contributed by atoms with Gasteiger partial charge in [0.1, 0.15) is 11.8 Å². The molecule has 0 N–H and O–H groups in total. The van der Waals surface area contributed by atoms with E-state index in [0.29, 0.717) is 26.2 Å². The van der Waals surface area contributed by atoms with Crippen LogP contribution in [0.5, 0.6) is 0 Å². The third-order valence-corrected chi connectivity index (χ3v) is 8.37. The van der Waals surface area contributed by atoms with Gasteiger partial charge in [-0.3, -0.25) is 24.3 Å². The first kappa shape index (κ1) is 24.9. The summed E-state index contributed by atoms with van der Waals surface area (Å²) in [5.74, 6) is -4.42. The van der Waals surface area contributed by atoms with E-state index < -0.39 is 36.3 Å². The van der Waals surface area contributed by atoms with Gasteiger partial charge < -0.3 is 4.90 Å². The van der Waals surface area contributed by atoms with Crippen LogP contribution in [0.1, 0.15) is 47.3 Å². The quantitative estimate of drug-likeness (QED) is 0.476. The van der Waals surface area contributed by atoms with E-state index in [0.717, 1.165) is 4.90 Å². The van der Waals surface area contributed by atoms with Crippen molar-refractivity contribution >= 4 is 39.3 Å². The van der Waals surface area contributed by atoms with E-state index in [1.165, 1.54) is 28.5 Å². The summed E-state index contributed by atoms with van der Waals surface area (Å²) >= 11 is 1.30. The fourth-order valence-electron chi connectivity index (χ4n) is 4.74. The number of fused-ring (bicyclic) bond motifs is 1. The zero-order valence-corrected chi connectivity index (χ0v) is 21.4. The van der Waals surface area contributed by atoms with Crippen LogP contribution in [0.2, 0.25) is 0 Å². The Labute approximate surface area is 215 Å². The van der Waals surface area contributed by atoms with Crippen LogP contribution in [-0.2, 0) is 16.1 Å². The van der Waals surface area contributed by atoms with Gasteiger partial charge in [0.15, 0.2) is 0 Å². The van der Waals surface area contributed by atoms with Crippen LogP contribution in [0, 0.1) is 29.6 Å². The number of alkyl halides is 2. The van der Waals surface area contributed by atoms with E-state index in [-0.39, 0.29) is 35.3 Å². The Balaban J connectivity index is 1.58. The number of pyridine rings is 2. The third kappa shape index (κ3) is 3.96. The Kier molecular flexibility index (Phi) is 5.64. The third-order valence-electron chi connectivity index (χ3n) is 7.22. The lowest BCUT2D eigenvalue weighted by Crippen LogP contribution is -2.58. The minimum Gasteiger partial charge on any atom is -0.326 e. The number of aromatic nitrogens is 2. The number of amides is 3. The van der Waals surface area contributed by atoms with Crippen molar-refractivity contribution in [3.05, 3.63) is 46.1 Å². The van der Waals surface area contributed by atoms with Gasteiger partial charge in [0.05, 0.1) is 46.5 Å². The van der Waals surface area contributed by atoms with Crippen molar-refractivity contribution < 1.29 is 23.2 Å². The maximum atomic E-state index is 13.5. The molecule has 0 radical (unpaired) electrons. The normalized spacial score (nSPS) is 20.3. The van der Waals surface area contributed by atoms with E-state index >= 15 is 0 Å². The topological polar surface area (TPSA) is 107 Å². The van der Waals surface area contributed by atoms with Crippen LogP contribution in [0.25, 0.3) is 21.5 Å². The second-order valence-corrected chi connectivity index (χ2v) is 11.3. The van der Waals surface area contributed by atoms with Gasteiger partial charge in [0.25, 0.3) is 11.8 Å². The fourth-order valence-corrected chi connectivity index (χ4v) is 5.86. The van der Waals surface area contributed by atoms with E-state index in [9.17, 15) is 28.4 Å². The molecule has 0 bridgehead atoms. The molecule has 2 aliphatic rings. The Bertz CT molecular complexity index is 1530. The van der Waals surface area contributed by atoms with Crippen LogP contribution in [0.3, 0.4) is 0 Å². The molecule has 11 heteroatoms. The van der Waals surface area contributed by atoms with Crippen molar-refractivity contribution in [2.45, 2.75) is 40.2 Å². The predicted molar refractivity (Wildman–Crippen MR) is 132 cm³/mol. The molecule has 0 saturated carbocycles. The zero-order valence-electron chi connectivity index (χ0n) is 20.6. The van der Waals surface area contributed by atoms with E-state index in [4.69, 9.17) is 0 Å². The molecule has 0 aromatic carbocycles. The average molecular weight is 524 g/mol. The summed E-state index contributed by atoms with van der Waals surface area (Å²) < 4.78 is 27.6. The van der Waals surface area contributed by atoms with E-state index in [1.54, 1.807) is 39.8 Å². The highest BCUT2D eigenvalue weighted by Gasteiger charge is 2.51. The van der Waals surface area contributed by atoms with Gasteiger partial charge in [-0.1, -0.05) is 20.8 Å². The highest BCUT2D eigenvalue weighted by atomic mass is 32.1. The minimum absolute atomic E-state index is 0.0872. The summed E-state index contributed by atoms with van der Waals surface area (Å²) in [5, 5.41) is 9.50. The first-order chi connectivity index (χ1) is 17.3. The standard InChI is InChI=1S/C26H23F2N5O3S/c1-13-7-15(9-29)31-20(19(13)23(35)32-11-26(27,28)12-32)17-5-6-30-18-8-16(37-21(17)18)10-33-22(34)14(2)25(3,4)24(33)36/h5-8,14H,10-12H2,1-4H3. The number of nitriles is 1. The van der Waals surface area contributed by atoms with Crippen LogP contribution < -0.4 is 0 Å². The molecule has 3 aromatic rings. The predicted octanol–water partition coefficient (Wildman–Crippen LogP) is 4.16. The molecular formula is C26H23F2N5O3S. The van der Waals surface area contributed by atoms with Gasteiger partial charge in [-0.05, 0) is 30.7 Å². The lowest BCUT2D eigenvalue weighted by molar-refractivity contribution is -0.141. The molecule has 2 fully saturated rings. The number of hydrogen-bond donors (Lipinski definition) is 0. The molecule has 1 atom stereocenters. The van der Waals surface area contributed by atoms with Crippen molar-refractivity contribution in [3.8, 4) is 17.3 Å². The highest BCUT2D eigenvalue weighted by Crippen LogP contribution is 2.41. The second kappa shape index (κ2) is 8.38. The van der Waals surface area contributed by atoms with Crippen molar-refractivity contribution in [2.75, 3.05) is 13.1 Å². The number of halogens is 2. The van der Waals surface area contributed by atoms with Crippen molar-refractivity contribution in [2.24, 2.45) is 11.3 Å². The first-order valence-electron chi connectivity index (χ1n) is 11.7. The van der Waals surface area contributed by atoms with Crippen LogP contribution >= 0.6 is 11.3 Å². The lowest BCUT2D eigenvalue weighted by Gasteiger charge is -2.39. The molecule has 0 aliphatic carbocycles. The fraction of sp³-hybridized carbons (Fsp3) is 0.385. The molecule has 37 heavy (non-hydrogen) atoms. The number of nitrogens with zero attached hydrogens (tertiary/aromatic N) is 5. The maximum absolute atomic E-state index is 13.5. The second-order valence-electron chi connectivity index (χ2n) is 10.1. The zero-order chi connectivity index (χ0) is 26.9. The number of aryl methyl sites for hydroxylation is 1. The van der Waals surface area contributed by atoms with Gasteiger partial charge in [0, 0.05) is 22.6 Å². The molecule has 2 saturated heterocycles. The minimum atomic E-state index is -2.92. The van der Waals surface area contributed by atoms with Gasteiger partial charge in [-0.15, -0.1) is 11.3 Å². The van der Waals surface area contributed by atoms with Gasteiger partial charge in [-0.25, -0.2) is 13.8 Å². The summed E-state index contributed by atoms with van der Waals surface area (Å²) in [6.07, 6.45) is 1.54. The van der Waals surface area contributed by atoms with E-state index in [2.05, 4.69) is 9.97 Å². The molecule has 0 spiro atoms. The summed E-state index contributed by atoms with van der Waals surface area (Å²) in [6, 6.07) is 6.88. The molecule has 190 valence electrons. The Morgan fingerprint density at radius 3 is 2.57 bits per heavy atom. The number of rotatable bonds is 4. The summed E-state index contributed by atoms with van der Waals surface area (Å²) in [6.45, 7) is 5.64. The van der Waals surface area contributed by atoms with Crippen molar-refractivity contribution in [1.82, 2.24) is 19.8 Å². The summed E-state index contributed by atoms with van der Waals surface area (Å²) in [5.41, 5.74) is 1.19. The number of likely N-dealkylation sites (tertiary alicyclic amines) is 2. The Morgan fingerprint density at radius 2 is 1.97 bits per heavy atom. The highest BCUT2D eigenvalue weighted by molar-refractivity contribution is 7.19.